The molecule has 1 aliphatic carbocycles. The molecule has 2 aliphatic rings. The van der Waals surface area contributed by atoms with Crippen LogP contribution >= 0.6 is 0 Å². The summed E-state index contributed by atoms with van der Waals surface area (Å²) in [6.45, 7) is 0.0355. The van der Waals surface area contributed by atoms with Gasteiger partial charge in [-0.05, 0) is 49.2 Å². The summed E-state index contributed by atoms with van der Waals surface area (Å²) in [5.74, 6) is 1.71. The number of ether oxygens (including phenoxy) is 2. The Morgan fingerprint density at radius 2 is 1.97 bits per heavy atom. The zero-order chi connectivity index (χ0) is 26.7. The van der Waals surface area contributed by atoms with Crippen molar-refractivity contribution in [1.29, 1.82) is 0 Å². The first kappa shape index (κ1) is 23.8. The molecule has 4 atom stereocenters. The van der Waals surface area contributed by atoms with Crippen molar-refractivity contribution in [2.24, 2.45) is 7.05 Å². The van der Waals surface area contributed by atoms with Crippen LogP contribution in [0.25, 0.3) is 27.7 Å². The molecule has 1 aromatic carbocycles. The fraction of sp³-hybridized carbons (Fsp3) is 0.333. The van der Waals surface area contributed by atoms with Crippen LogP contribution in [-0.4, -0.2) is 70.5 Å². The topological polar surface area (TPSA) is 158 Å². The van der Waals surface area contributed by atoms with E-state index in [-0.39, 0.29) is 12.4 Å². The lowest BCUT2D eigenvalue weighted by Crippen LogP contribution is -2.34. The SMILES string of the molecule is Cn1ccc(-c2cc([C@@H]3O[C@H](COc4ccc5ccc(NC6CC6)nc5c4)[C@@H](O)[C@H]3O)n3ncnc(N)c23)n1. The number of nitrogens with zero attached hydrogens (tertiary/aromatic N) is 6. The highest BCUT2D eigenvalue weighted by atomic mass is 16.6. The highest BCUT2D eigenvalue weighted by Gasteiger charge is 2.45. The van der Waals surface area contributed by atoms with E-state index in [9.17, 15) is 10.2 Å². The third-order valence-corrected chi connectivity index (χ3v) is 7.26. The lowest BCUT2D eigenvalue weighted by atomic mass is 10.1. The molecule has 1 saturated carbocycles. The number of pyridine rings is 1. The molecule has 5 aromatic rings. The Labute approximate surface area is 223 Å². The van der Waals surface area contributed by atoms with Crippen LogP contribution < -0.4 is 15.8 Å². The normalized spacial score (nSPS) is 23.1. The van der Waals surface area contributed by atoms with E-state index in [1.165, 1.54) is 19.2 Å². The van der Waals surface area contributed by atoms with Crippen LogP contribution in [0, 0.1) is 0 Å². The van der Waals surface area contributed by atoms with E-state index in [2.05, 4.69) is 20.5 Å². The quantitative estimate of drug-likeness (QED) is 0.246. The highest BCUT2D eigenvalue weighted by molar-refractivity contribution is 5.87. The monoisotopic (exact) mass is 528 g/mol. The van der Waals surface area contributed by atoms with E-state index in [4.69, 9.17) is 20.2 Å². The zero-order valence-electron chi connectivity index (χ0n) is 21.2. The Bertz CT molecular complexity index is 1680. The number of benzene rings is 1. The zero-order valence-corrected chi connectivity index (χ0v) is 21.2. The number of nitrogens with two attached hydrogens (primary N) is 1. The summed E-state index contributed by atoms with van der Waals surface area (Å²) >= 11 is 0. The van der Waals surface area contributed by atoms with Gasteiger partial charge in [-0.25, -0.2) is 14.5 Å². The van der Waals surface area contributed by atoms with Gasteiger partial charge in [0.2, 0.25) is 0 Å². The molecule has 12 nitrogen and oxygen atoms in total. The fourth-order valence-corrected chi connectivity index (χ4v) is 5.06. The molecule has 5 heterocycles. The van der Waals surface area contributed by atoms with Gasteiger partial charge >= 0.3 is 0 Å². The van der Waals surface area contributed by atoms with Crippen molar-refractivity contribution >= 4 is 28.1 Å². The number of anilines is 2. The lowest BCUT2D eigenvalue weighted by molar-refractivity contribution is -0.0187. The summed E-state index contributed by atoms with van der Waals surface area (Å²) in [5, 5.41) is 35.1. The predicted octanol–water partition coefficient (Wildman–Crippen LogP) is 2.08. The van der Waals surface area contributed by atoms with Crippen molar-refractivity contribution in [1.82, 2.24) is 29.4 Å². The molecule has 1 aliphatic heterocycles. The second-order valence-corrected chi connectivity index (χ2v) is 10.1. The molecule has 0 spiro atoms. The molecule has 39 heavy (non-hydrogen) atoms. The minimum Gasteiger partial charge on any atom is -0.491 e. The van der Waals surface area contributed by atoms with Crippen molar-refractivity contribution in [3.05, 3.63) is 60.7 Å². The van der Waals surface area contributed by atoms with E-state index in [1.807, 2.05) is 55.7 Å². The fourth-order valence-electron chi connectivity index (χ4n) is 5.06. The lowest BCUT2D eigenvalue weighted by Gasteiger charge is -2.16. The molecule has 4 aromatic heterocycles. The number of nitrogens with one attached hydrogen (secondary N) is 1. The van der Waals surface area contributed by atoms with Crippen LogP contribution in [0.15, 0.2) is 55.0 Å². The minimum absolute atomic E-state index is 0.0355. The number of hydrogen-bond acceptors (Lipinski definition) is 10. The first-order chi connectivity index (χ1) is 18.9. The van der Waals surface area contributed by atoms with Crippen LogP contribution in [0.3, 0.4) is 0 Å². The Balaban J connectivity index is 1.13. The third kappa shape index (κ3) is 4.32. The first-order valence-electron chi connectivity index (χ1n) is 12.9. The smallest absolute Gasteiger partial charge is 0.152 e. The van der Waals surface area contributed by atoms with Crippen LogP contribution in [0.2, 0.25) is 0 Å². The van der Waals surface area contributed by atoms with Gasteiger partial charge in [0.25, 0.3) is 0 Å². The van der Waals surface area contributed by atoms with Gasteiger partial charge in [0.1, 0.15) is 54.4 Å². The Kier molecular flexibility index (Phi) is 5.61. The summed E-state index contributed by atoms with van der Waals surface area (Å²) in [6, 6.07) is 13.8. The molecule has 0 unspecified atom stereocenters. The number of aliphatic hydroxyl groups excluding tert-OH is 2. The molecule has 0 amide bonds. The van der Waals surface area contributed by atoms with E-state index < -0.39 is 24.4 Å². The molecule has 2 fully saturated rings. The molecular formula is C27H28N8O4. The Morgan fingerprint density at radius 3 is 2.77 bits per heavy atom. The maximum absolute atomic E-state index is 11.0. The number of aryl methyl sites for hydroxylation is 1. The Morgan fingerprint density at radius 1 is 1.13 bits per heavy atom. The second-order valence-electron chi connectivity index (χ2n) is 10.1. The summed E-state index contributed by atoms with van der Waals surface area (Å²) < 4.78 is 15.4. The van der Waals surface area contributed by atoms with Gasteiger partial charge in [0, 0.05) is 36.3 Å². The average Bonchev–Trinajstić information content (AvgIpc) is 3.38. The summed E-state index contributed by atoms with van der Waals surface area (Å²) in [4.78, 5) is 8.82. The molecule has 200 valence electrons. The van der Waals surface area contributed by atoms with Gasteiger partial charge in [-0.3, -0.25) is 4.68 Å². The number of aliphatic hydroxyl groups is 2. The maximum Gasteiger partial charge on any atom is 0.152 e. The van der Waals surface area contributed by atoms with E-state index in [0.29, 0.717) is 34.3 Å². The number of nitrogen functional groups attached to an aromatic ring is 1. The third-order valence-electron chi connectivity index (χ3n) is 7.26. The number of fused-ring (bicyclic) bond motifs is 2. The average molecular weight is 529 g/mol. The van der Waals surface area contributed by atoms with E-state index >= 15 is 0 Å². The highest BCUT2D eigenvalue weighted by Crippen LogP contribution is 2.39. The first-order valence-corrected chi connectivity index (χ1v) is 12.9. The summed E-state index contributed by atoms with van der Waals surface area (Å²) in [7, 11) is 1.82. The van der Waals surface area contributed by atoms with E-state index in [0.717, 1.165) is 16.7 Å². The molecule has 1 saturated heterocycles. The van der Waals surface area contributed by atoms with Crippen molar-refractivity contribution in [3.8, 4) is 17.0 Å². The largest absolute Gasteiger partial charge is 0.491 e. The standard InChI is InChI=1S/C27H28N8O4/c1-34-9-8-18(33-34)17-11-20(35-23(17)27(28)29-13-30-35)26-25(37)24(36)21(39-26)12-38-16-6-2-14-3-7-22(31-15-4-5-15)32-19(14)10-16/h2-3,6-11,13,15,21,24-26,36-37H,4-5,12H2,1H3,(H,31,32)(H2,28,29,30)/t21-,24-,25-,26+/m1/s1. The number of rotatable bonds is 7. The molecule has 5 N–H and O–H groups in total. The van der Waals surface area contributed by atoms with E-state index in [1.54, 1.807) is 9.20 Å². The molecule has 0 radical (unpaired) electrons. The van der Waals surface area contributed by atoms with Crippen LogP contribution in [0.4, 0.5) is 11.6 Å². The van der Waals surface area contributed by atoms with Crippen molar-refractivity contribution < 1.29 is 19.7 Å². The number of aromatic nitrogens is 6. The second kappa shape index (κ2) is 9.19. The van der Waals surface area contributed by atoms with Crippen molar-refractivity contribution in [2.75, 3.05) is 17.7 Å². The molecule has 7 rings (SSSR count). The molecular weight excluding hydrogens is 500 g/mol. The van der Waals surface area contributed by atoms with Gasteiger partial charge in [-0.2, -0.15) is 10.2 Å². The van der Waals surface area contributed by atoms with Gasteiger partial charge < -0.3 is 30.7 Å². The maximum atomic E-state index is 11.0. The van der Waals surface area contributed by atoms with Gasteiger partial charge in [0.15, 0.2) is 5.82 Å². The summed E-state index contributed by atoms with van der Waals surface area (Å²) in [5.41, 5.74) is 9.47. The van der Waals surface area contributed by atoms with Crippen molar-refractivity contribution in [3.63, 3.8) is 0 Å². The van der Waals surface area contributed by atoms with Gasteiger partial charge in [-0.15, -0.1) is 0 Å². The molecule has 0 bridgehead atoms. The van der Waals surface area contributed by atoms with Crippen LogP contribution in [-0.2, 0) is 11.8 Å². The predicted molar refractivity (Wildman–Crippen MR) is 143 cm³/mol. The van der Waals surface area contributed by atoms with Crippen LogP contribution in [0.1, 0.15) is 24.6 Å². The van der Waals surface area contributed by atoms with Crippen molar-refractivity contribution in [2.45, 2.75) is 43.3 Å². The van der Waals surface area contributed by atoms with Gasteiger partial charge in [-0.1, -0.05) is 0 Å². The summed E-state index contributed by atoms with van der Waals surface area (Å²) in [6.07, 6.45) is 1.47. The minimum atomic E-state index is -1.21. The Hall–Kier alpha value is -4.26. The number of hydrogen-bond donors (Lipinski definition) is 4. The van der Waals surface area contributed by atoms with Gasteiger partial charge in [0.05, 0.1) is 16.9 Å². The van der Waals surface area contributed by atoms with Crippen LogP contribution in [0.5, 0.6) is 5.75 Å². The molecule has 12 heteroatoms.